The molecule has 0 radical (unpaired) electrons. The Hall–Kier alpha value is -3.78. The number of hydrogen-bond donors (Lipinski definition) is 3. The molecule has 0 fully saturated rings. The number of hydrogen-bond acceptors (Lipinski definition) is 9. The van der Waals surface area contributed by atoms with Gasteiger partial charge in [0.05, 0.1) is 22.8 Å². The highest BCUT2D eigenvalue weighted by molar-refractivity contribution is 5.59. The highest BCUT2D eigenvalue weighted by Gasteiger charge is 2.27. The number of rotatable bonds is 8. The molecule has 0 bridgehead atoms. The molecule has 0 saturated heterocycles. The van der Waals surface area contributed by atoms with Crippen molar-refractivity contribution in [3.05, 3.63) is 47.9 Å². The molecule has 3 rings (SSSR count). The summed E-state index contributed by atoms with van der Waals surface area (Å²) < 4.78 is 27.6. The average Bonchev–Trinajstić information content (AvgIpc) is 2.77. The molecular weight excluding hydrogens is 442 g/mol. The van der Waals surface area contributed by atoms with Crippen molar-refractivity contribution in [1.29, 1.82) is 5.26 Å². The SMILES string of the molecule is CC(C)(O)CNc1nc(Nc2ccnc(C(C)(C)C#N)c2)nc(-c2cccc(C(C)(F)F)n2)n1. The maximum Gasteiger partial charge on any atom is 0.286 e. The molecule has 0 aromatic carbocycles. The average molecular weight is 469 g/mol. The maximum absolute atomic E-state index is 13.8. The number of aromatic nitrogens is 5. The van der Waals surface area contributed by atoms with Gasteiger partial charge in [-0.15, -0.1) is 0 Å². The van der Waals surface area contributed by atoms with Crippen LogP contribution in [0.15, 0.2) is 36.5 Å². The van der Waals surface area contributed by atoms with E-state index in [1.807, 2.05) is 0 Å². The first kappa shape index (κ1) is 24.9. The summed E-state index contributed by atoms with van der Waals surface area (Å²) in [5.74, 6) is -2.83. The minimum absolute atomic E-state index is 0.0634. The van der Waals surface area contributed by atoms with Crippen LogP contribution in [0.25, 0.3) is 11.5 Å². The van der Waals surface area contributed by atoms with E-state index in [0.717, 1.165) is 6.92 Å². The summed E-state index contributed by atoms with van der Waals surface area (Å²) in [5.41, 5.74) is -1.02. The molecule has 0 atom stereocenters. The number of nitriles is 1. The largest absolute Gasteiger partial charge is 0.389 e. The van der Waals surface area contributed by atoms with Crippen molar-refractivity contribution < 1.29 is 13.9 Å². The van der Waals surface area contributed by atoms with Crippen LogP contribution in [0.2, 0.25) is 0 Å². The number of aliphatic hydroxyl groups is 1. The number of halogens is 2. The lowest BCUT2D eigenvalue weighted by atomic mass is 9.91. The van der Waals surface area contributed by atoms with Gasteiger partial charge in [-0.1, -0.05) is 6.07 Å². The van der Waals surface area contributed by atoms with E-state index >= 15 is 0 Å². The van der Waals surface area contributed by atoms with Crippen molar-refractivity contribution in [1.82, 2.24) is 24.9 Å². The summed E-state index contributed by atoms with van der Waals surface area (Å²) in [7, 11) is 0. The molecular formula is C23H26F2N8O. The van der Waals surface area contributed by atoms with Gasteiger partial charge in [0.2, 0.25) is 11.9 Å². The summed E-state index contributed by atoms with van der Waals surface area (Å²) in [6.07, 6.45) is 1.56. The molecule has 11 heteroatoms. The normalized spacial score (nSPS) is 12.2. The molecule has 0 aliphatic rings. The van der Waals surface area contributed by atoms with Gasteiger partial charge in [-0.3, -0.25) is 4.98 Å². The van der Waals surface area contributed by atoms with Gasteiger partial charge in [0.15, 0.2) is 5.82 Å². The minimum Gasteiger partial charge on any atom is -0.389 e. The molecule has 34 heavy (non-hydrogen) atoms. The molecule has 3 aromatic rings. The topological polar surface area (TPSA) is 133 Å². The number of anilines is 3. The Labute approximate surface area is 196 Å². The van der Waals surface area contributed by atoms with Crippen LogP contribution in [0.4, 0.5) is 26.4 Å². The fourth-order valence-corrected chi connectivity index (χ4v) is 2.76. The minimum atomic E-state index is -3.13. The van der Waals surface area contributed by atoms with Crippen LogP contribution < -0.4 is 10.6 Å². The van der Waals surface area contributed by atoms with Gasteiger partial charge >= 0.3 is 0 Å². The summed E-state index contributed by atoms with van der Waals surface area (Å²) in [6.45, 7) is 7.63. The van der Waals surface area contributed by atoms with Crippen LogP contribution in [0.1, 0.15) is 46.0 Å². The van der Waals surface area contributed by atoms with Gasteiger partial charge in [-0.05, 0) is 52.0 Å². The van der Waals surface area contributed by atoms with Gasteiger partial charge in [-0.25, -0.2) is 4.98 Å². The molecule has 0 aliphatic carbocycles. The number of nitrogens with one attached hydrogen (secondary N) is 2. The van der Waals surface area contributed by atoms with Gasteiger partial charge < -0.3 is 15.7 Å². The predicted octanol–water partition coefficient (Wildman–Crippen LogP) is 4.17. The van der Waals surface area contributed by atoms with Crippen LogP contribution in [-0.2, 0) is 11.3 Å². The molecule has 0 aliphatic heterocycles. The summed E-state index contributed by atoms with van der Waals surface area (Å²) in [6, 6.07) is 9.79. The molecule has 0 unspecified atom stereocenters. The predicted molar refractivity (Wildman–Crippen MR) is 124 cm³/mol. The standard InChI is InChI=1S/C23H26F2N8O/c1-21(2,12-26)17-11-14(9-10-27-17)29-20-32-18(31-19(33-20)28-13-22(3,4)34)15-7-6-8-16(30-15)23(5,24)25/h6-11,34H,13H2,1-5H3,(H2,27,28,29,31,32,33). The van der Waals surface area contributed by atoms with Gasteiger partial charge in [0.1, 0.15) is 11.4 Å². The summed E-state index contributed by atoms with van der Waals surface area (Å²) in [5, 5.41) is 25.4. The van der Waals surface area contributed by atoms with Crippen molar-refractivity contribution in [2.45, 2.75) is 51.6 Å². The quantitative estimate of drug-likeness (QED) is 0.445. The molecule has 3 heterocycles. The van der Waals surface area contributed by atoms with E-state index in [9.17, 15) is 19.1 Å². The van der Waals surface area contributed by atoms with Crippen LogP contribution >= 0.6 is 0 Å². The smallest absolute Gasteiger partial charge is 0.286 e. The third-order valence-electron chi connectivity index (χ3n) is 4.68. The lowest BCUT2D eigenvalue weighted by molar-refractivity contribution is 0.0129. The van der Waals surface area contributed by atoms with Crippen molar-refractivity contribution in [2.75, 3.05) is 17.2 Å². The first-order valence-corrected chi connectivity index (χ1v) is 10.5. The van der Waals surface area contributed by atoms with Gasteiger partial charge in [0, 0.05) is 25.4 Å². The van der Waals surface area contributed by atoms with Crippen molar-refractivity contribution in [2.24, 2.45) is 0 Å². The summed E-state index contributed by atoms with van der Waals surface area (Å²) in [4.78, 5) is 21.2. The van der Waals surface area contributed by atoms with E-state index in [1.54, 1.807) is 46.0 Å². The highest BCUT2D eigenvalue weighted by atomic mass is 19.3. The van der Waals surface area contributed by atoms with E-state index in [0.29, 0.717) is 11.4 Å². The van der Waals surface area contributed by atoms with Crippen molar-refractivity contribution >= 4 is 17.6 Å². The zero-order valence-electron chi connectivity index (χ0n) is 19.6. The van der Waals surface area contributed by atoms with E-state index in [2.05, 4.69) is 41.6 Å². The Morgan fingerprint density at radius 1 is 0.971 bits per heavy atom. The van der Waals surface area contributed by atoms with Crippen LogP contribution in [0.3, 0.4) is 0 Å². The Bertz CT molecular complexity index is 1210. The molecule has 9 nitrogen and oxygen atoms in total. The second kappa shape index (κ2) is 9.23. The third kappa shape index (κ3) is 6.39. The van der Waals surface area contributed by atoms with E-state index in [1.165, 1.54) is 18.2 Å². The molecule has 3 N–H and O–H groups in total. The Kier molecular flexibility index (Phi) is 6.74. The fraction of sp³-hybridized carbons (Fsp3) is 0.391. The number of pyridine rings is 2. The van der Waals surface area contributed by atoms with Crippen LogP contribution in [0, 0.1) is 11.3 Å². The highest BCUT2D eigenvalue weighted by Crippen LogP contribution is 2.28. The van der Waals surface area contributed by atoms with Crippen LogP contribution in [-0.4, -0.2) is 42.2 Å². The molecule has 0 saturated carbocycles. The van der Waals surface area contributed by atoms with E-state index in [-0.39, 0.29) is 30.0 Å². The summed E-state index contributed by atoms with van der Waals surface area (Å²) >= 11 is 0. The Morgan fingerprint density at radius 2 is 1.68 bits per heavy atom. The van der Waals surface area contributed by atoms with E-state index < -0.39 is 22.6 Å². The molecule has 3 aromatic heterocycles. The second-order valence-electron chi connectivity index (χ2n) is 9.06. The zero-order chi connectivity index (χ0) is 25.1. The van der Waals surface area contributed by atoms with Gasteiger partial charge in [0.25, 0.3) is 5.92 Å². The second-order valence-corrected chi connectivity index (χ2v) is 9.06. The monoisotopic (exact) mass is 468 g/mol. The lowest BCUT2D eigenvalue weighted by Crippen LogP contribution is -2.30. The number of alkyl halides is 2. The van der Waals surface area contributed by atoms with Crippen molar-refractivity contribution in [3.63, 3.8) is 0 Å². The number of nitrogens with zero attached hydrogens (tertiary/aromatic N) is 6. The van der Waals surface area contributed by atoms with E-state index in [4.69, 9.17) is 0 Å². The first-order valence-electron chi connectivity index (χ1n) is 10.5. The zero-order valence-corrected chi connectivity index (χ0v) is 19.6. The maximum atomic E-state index is 13.8. The Balaban J connectivity index is 2.03. The lowest BCUT2D eigenvalue weighted by Gasteiger charge is -2.18. The third-order valence-corrected chi connectivity index (χ3v) is 4.68. The first-order chi connectivity index (χ1) is 15.8. The fourth-order valence-electron chi connectivity index (χ4n) is 2.76. The molecule has 0 amide bonds. The van der Waals surface area contributed by atoms with Gasteiger partial charge in [-0.2, -0.15) is 29.0 Å². The van der Waals surface area contributed by atoms with Crippen molar-refractivity contribution in [3.8, 4) is 17.6 Å². The molecule has 0 spiro atoms. The Morgan fingerprint density at radius 3 is 2.32 bits per heavy atom. The molecule has 178 valence electrons. The van der Waals surface area contributed by atoms with Crippen LogP contribution in [0.5, 0.6) is 0 Å².